The van der Waals surface area contributed by atoms with Gasteiger partial charge in [0.2, 0.25) is 0 Å². The molecule has 0 saturated heterocycles. The third kappa shape index (κ3) is 3.74. The first-order valence-electron chi connectivity index (χ1n) is 5.53. The fraction of sp³-hybridized carbons (Fsp3) is 0.462. The number of nitrogens with zero attached hydrogens (tertiary/aromatic N) is 1. The first kappa shape index (κ1) is 11.8. The van der Waals surface area contributed by atoms with Crippen LogP contribution in [0.2, 0.25) is 0 Å². The SMILES string of the molecule is CCCON=C(CC)c1cccc(C)c1. The molecule has 15 heavy (non-hydrogen) atoms. The van der Waals surface area contributed by atoms with Gasteiger partial charge in [0.15, 0.2) is 0 Å². The van der Waals surface area contributed by atoms with Gasteiger partial charge in [0.05, 0.1) is 5.71 Å². The van der Waals surface area contributed by atoms with Gasteiger partial charge in [-0.05, 0) is 25.3 Å². The normalized spacial score (nSPS) is 11.5. The lowest BCUT2D eigenvalue weighted by Gasteiger charge is -2.04. The van der Waals surface area contributed by atoms with Crippen molar-refractivity contribution in [1.29, 1.82) is 0 Å². The standard InChI is InChI=1S/C13H19NO/c1-4-9-15-14-13(5-2)12-8-6-7-11(3)10-12/h6-8,10H,4-5,9H2,1-3H3. The molecule has 2 heteroatoms. The van der Waals surface area contributed by atoms with Crippen LogP contribution in [-0.2, 0) is 4.84 Å². The highest BCUT2D eigenvalue weighted by molar-refractivity contribution is 6.00. The Kier molecular flexibility index (Phi) is 4.88. The molecule has 2 nitrogen and oxygen atoms in total. The van der Waals surface area contributed by atoms with E-state index in [4.69, 9.17) is 4.84 Å². The summed E-state index contributed by atoms with van der Waals surface area (Å²) in [6.07, 6.45) is 1.89. The molecule has 0 aliphatic carbocycles. The van der Waals surface area contributed by atoms with Crippen LogP contribution in [0.4, 0.5) is 0 Å². The van der Waals surface area contributed by atoms with Crippen molar-refractivity contribution in [2.24, 2.45) is 5.16 Å². The van der Waals surface area contributed by atoms with Crippen LogP contribution < -0.4 is 0 Å². The number of oxime groups is 1. The van der Waals surface area contributed by atoms with E-state index in [1.807, 2.05) is 0 Å². The molecule has 1 aromatic rings. The summed E-state index contributed by atoms with van der Waals surface area (Å²) in [7, 11) is 0. The van der Waals surface area contributed by atoms with Gasteiger partial charge in [-0.25, -0.2) is 0 Å². The Balaban J connectivity index is 2.77. The average molecular weight is 205 g/mol. The highest BCUT2D eigenvalue weighted by Gasteiger charge is 2.01. The van der Waals surface area contributed by atoms with Gasteiger partial charge in [0, 0.05) is 0 Å². The molecule has 0 aliphatic heterocycles. The Labute approximate surface area is 91.9 Å². The van der Waals surface area contributed by atoms with Gasteiger partial charge in [-0.3, -0.25) is 0 Å². The molecule has 0 fully saturated rings. The summed E-state index contributed by atoms with van der Waals surface area (Å²) >= 11 is 0. The molecule has 82 valence electrons. The zero-order chi connectivity index (χ0) is 11.1. The van der Waals surface area contributed by atoms with Crippen LogP contribution in [0.25, 0.3) is 0 Å². The molecule has 0 heterocycles. The van der Waals surface area contributed by atoms with Crippen molar-refractivity contribution >= 4 is 5.71 Å². The van der Waals surface area contributed by atoms with Gasteiger partial charge in [0.1, 0.15) is 6.61 Å². The quantitative estimate of drug-likeness (QED) is 0.409. The summed E-state index contributed by atoms with van der Waals surface area (Å²) in [5.74, 6) is 0. The van der Waals surface area contributed by atoms with Crippen LogP contribution >= 0.6 is 0 Å². The average Bonchev–Trinajstić information content (AvgIpc) is 2.24. The van der Waals surface area contributed by atoms with Gasteiger partial charge in [-0.15, -0.1) is 0 Å². The molecule has 0 aliphatic rings. The van der Waals surface area contributed by atoms with Crippen molar-refractivity contribution in [2.75, 3.05) is 6.61 Å². The first-order valence-corrected chi connectivity index (χ1v) is 5.53. The van der Waals surface area contributed by atoms with Crippen LogP contribution in [-0.4, -0.2) is 12.3 Å². The Morgan fingerprint density at radius 1 is 1.33 bits per heavy atom. The maximum absolute atomic E-state index is 5.22. The number of hydrogen-bond donors (Lipinski definition) is 0. The van der Waals surface area contributed by atoms with Crippen molar-refractivity contribution in [3.63, 3.8) is 0 Å². The second-order valence-electron chi connectivity index (χ2n) is 3.59. The molecule has 0 aromatic heterocycles. The summed E-state index contributed by atoms with van der Waals surface area (Å²) in [5, 5.41) is 4.16. The van der Waals surface area contributed by atoms with Crippen LogP contribution in [0.3, 0.4) is 0 Å². The van der Waals surface area contributed by atoms with Gasteiger partial charge in [-0.2, -0.15) is 0 Å². The highest BCUT2D eigenvalue weighted by atomic mass is 16.6. The lowest BCUT2D eigenvalue weighted by atomic mass is 10.1. The lowest BCUT2D eigenvalue weighted by Crippen LogP contribution is -2.01. The highest BCUT2D eigenvalue weighted by Crippen LogP contribution is 2.08. The molecule has 1 rings (SSSR count). The Morgan fingerprint density at radius 3 is 2.73 bits per heavy atom. The molecule has 0 bridgehead atoms. The summed E-state index contributed by atoms with van der Waals surface area (Å²) < 4.78 is 0. The van der Waals surface area contributed by atoms with Crippen molar-refractivity contribution in [3.8, 4) is 0 Å². The molecule has 1 aromatic carbocycles. The second kappa shape index (κ2) is 6.23. The van der Waals surface area contributed by atoms with Crippen LogP contribution in [0, 0.1) is 6.92 Å². The molecule has 0 amide bonds. The molecule has 0 saturated carbocycles. The van der Waals surface area contributed by atoms with E-state index in [1.165, 1.54) is 5.56 Å². The fourth-order valence-corrected chi connectivity index (χ4v) is 1.36. The minimum absolute atomic E-state index is 0.690. The Hall–Kier alpha value is -1.31. The van der Waals surface area contributed by atoms with Crippen LogP contribution in [0.1, 0.15) is 37.8 Å². The molecule has 0 unspecified atom stereocenters. The van der Waals surface area contributed by atoms with Gasteiger partial charge < -0.3 is 4.84 Å². The van der Waals surface area contributed by atoms with Gasteiger partial charge in [0.25, 0.3) is 0 Å². The van der Waals surface area contributed by atoms with E-state index in [-0.39, 0.29) is 0 Å². The van der Waals surface area contributed by atoms with E-state index in [9.17, 15) is 0 Å². The van der Waals surface area contributed by atoms with E-state index in [0.717, 1.165) is 24.1 Å². The summed E-state index contributed by atoms with van der Waals surface area (Å²) in [6, 6.07) is 8.35. The fourth-order valence-electron chi connectivity index (χ4n) is 1.36. The Bertz CT molecular complexity index is 331. The minimum Gasteiger partial charge on any atom is -0.396 e. The Morgan fingerprint density at radius 2 is 2.13 bits per heavy atom. The van der Waals surface area contributed by atoms with Gasteiger partial charge in [-0.1, -0.05) is 48.8 Å². The minimum atomic E-state index is 0.690. The molecular weight excluding hydrogens is 186 g/mol. The van der Waals surface area contributed by atoms with E-state index in [2.05, 4.69) is 50.2 Å². The van der Waals surface area contributed by atoms with E-state index < -0.39 is 0 Å². The molecule has 0 N–H and O–H groups in total. The largest absolute Gasteiger partial charge is 0.396 e. The summed E-state index contributed by atoms with van der Waals surface area (Å²) in [5.41, 5.74) is 3.44. The van der Waals surface area contributed by atoms with Crippen LogP contribution in [0.15, 0.2) is 29.4 Å². The van der Waals surface area contributed by atoms with Crippen molar-refractivity contribution in [3.05, 3.63) is 35.4 Å². The molecule has 0 atom stereocenters. The van der Waals surface area contributed by atoms with Crippen LogP contribution in [0.5, 0.6) is 0 Å². The zero-order valence-corrected chi connectivity index (χ0v) is 9.79. The predicted molar refractivity (Wildman–Crippen MR) is 64.3 cm³/mol. The monoisotopic (exact) mass is 205 g/mol. The first-order chi connectivity index (χ1) is 7.27. The number of hydrogen-bond acceptors (Lipinski definition) is 2. The third-order valence-electron chi connectivity index (χ3n) is 2.16. The number of benzene rings is 1. The smallest absolute Gasteiger partial charge is 0.116 e. The molecular formula is C13H19NO. The van der Waals surface area contributed by atoms with Crippen molar-refractivity contribution in [2.45, 2.75) is 33.6 Å². The van der Waals surface area contributed by atoms with Gasteiger partial charge >= 0.3 is 0 Å². The maximum Gasteiger partial charge on any atom is 0.116 e. The second-order valence-corrected chi connectivity index (χ2v) is 3.59. The van der Waals surface area contributed by atoms with E-state index in [0.29, 0.717) is 6.61 Å². The molecule has 0 spiro atoms. The summed E-state index contributed by atoms with van der Waals surface area (Å²) in [6.45, 7) is 6.95. The number of rotatable bonds is 5. The van der Waals surface area contributed by atoms with E-state index >= 15 is 0 Å². The zero-order valence-electron chi connectivity index (χ0n) is 9.79. The molecule has 0 radical (unpaired) electrons. The van der Waals surface area contributed by atoms with Crippen molar-refractivity contribution in [1.82, 2.24) is 0 Å². The van der Waals surface area contributed by atoms with Crippen molar-refractivity contribution < 1.29 is 4.84 Å². The lowest BCUT2D eigenvalue weighted by molar-refractivity contribution is 0.144. The maximum atomic E-state index is 5.22. The topological polar surface area (TPSA) is 21.6 Å². The number of aryl methyl sites for hydroxylation is 1. The summed E-state index contributed by atoms with van der Waals surface area (Å²) in [4.78, 5) is 5.22. The van der Waals surface area contributed by atoms with E-state index in [1.54, 1.807) is 0 Å². The predicted octanol–water partition coefficient (Wildman–Crippen LogP) is 3.54. The third-order valence-corrected chi connectivity index (χ3v) is 2.16.